The van der Waals surface area contributed by atoms with Gasteiger partial charge in [-0.25, -0.2) is 9.48 Å². The number of benzene rings is 1. The van der Waals surface area contributed by atoms with Gasteiger partial charge < -0.3 is 10.1 Å². The van der Waals surface area contributed by atoms with E-state index in [0.717, 1.165) is 41.7 Å². The van der Waals surface area contributed by atoms with Crippen LogP contribution >= 0.6 is 0 Å². The van der Waals surface area contributed by atoms with Crippen LogP contribution in [-0.2, 0) is 16.6 Å². The molecular weight excluding hydrogens is 370 g/mol. The van der Waals surface area contributed by atoms with Gasteiger partial charge in [-0.15, -0.1) is 0 Å². The van der Waals surface area contributed by atoms with Crippen LogP contribution < -0.4 is 10.9 Å². The number of hydrogen-bond acceptors (Lipinski definition) is 5. The van der Waals surface area contributed by atoms with E-state index in [4.69, 9.17) is 4.74 Å². The third-order valence-electron chi connectivity index (χ3n) is 6.93. The summed E-state index contributed by atoms with van der Waals surface area (Å²) in [5, 5.41) is 8.08. The van der Waals surface area contributed by atoms with Crippen molar-refractivity contribution in [2.45, 2.75) is 44.1 Å². The summed E-state index contributed by atoms with van der Waals surface area (Å²) >= 11 is 0. The minimum Gasteiger partial charge on any atom is -0.451 e. The first-order chi connectivity index (χ1) is 13.9. The van der Waals surface area contributed by atoms with Crippen LogP contribution in [0.3, 0.4) is 0 Å². The number of nitrogens with zero attached hydrogens (tertiary/aromatic N) is 2. The molecule has 1 amide bonds. The molecule has 152 valence electrons. The van der Waals surface area contributed by atoms with Crippen molar-refractivity contribution in [2.75, 3.05) is 6.61 Å². The van der Waals surface area contributed by atoms with Crippen molar-refractivity contribution in [3.8, 4) is 0 Å². The molecule has 2 aromatic rings. The monoisotopic (exact) mass is 395 g/mol. The molecule has 4 aliphatic rings. The number of esters is 1. The molecule has 1 aromatic heterocycles. The van der Waals surface area contributed by atoms with Gasteiger partial charge in [0.2, 0.25) is 0 Å². The fraction of sp³-hybridized carbons (Fsp3) is 0.545. The molecule has 0 aliphatic heterocycles. The molecule has 0 spiro atoms. The lowest BCUT2D eigenvalue weighted by atomic mass is 9.53. The Balaban J connectivity index is 1.28. The number of hydrogen-bond donors (Lipinski definition) is 1. The molecule has 29 heavy (non-hydrogen) atoms. The second kappa shape index (κ2) is 6.68. The van der Waals surface area contributed by atoms with Crippen LogP contribution in [0.1, 0.15) is 49.0 Å². The van der Waals surface area contributed by atoms with Gasteiger partial charge >= 0.3 is 5.97 Å². The normalized spacial score (nSPS) is 29.8. The van der Waals surface area contributed by atoms with Crippen molar-refractivity contribution in [3.63, 3.8) is 0 Å². The topological polar surface area (TPSA) is 90.3 Å². The number of carbonyl (C=O) groups is 2. The van der Waals surface area contributed by atoms with Gasteiger partial charge in [-0.3, -0.25) is 9.59 Å². The van der Waals surface area contributed by atoms with Crippen LogP contribution in [0, 0.1) is 17.8 Å². The van der Waals surface area contributed by atoms with E-state index >= 15 is 0 Å². The average molecular weight is 395 g/mol. The molecule has 1 N–H and O–H groups in total. The highest BCUT2D eigenvalue weighted by atomic mass is 16.5. The molecule has 0 atom stereocenters. The molecule has 0 unspecified atom stereocenters. The van der Waals surface area contributed by atoms with Crippen LogP contribution in [0.5, 0.6) is 0 Å². The minimum absolute atomic E-state index is 0.0466. The maximum absolute atomic E-state index is 12.6. The third kappa shape index (κ3) is 3.22. The predicted octanol–water partition coefficient (Wildman–Crippen LogP) is 2.18. The third-order valence-corrected chi connectivity index (χ3v) is 6.93. The fourth-order valence-electron chi connectivity index (χ4n) is 6.25. The Kier molecular flexibility index (Phi) is 4.22. The number of rotatable bonds is 4. The summed E-state index contributed by atoms with van der Waals surface area (Å²) in [5.74, 6) is 1.23. The highest BCUT2D eigenvalue weighted by Crippen LogP contribution is 2.55. The van der Waals surface area contributed by atoms with Crippen LogP contribution in [0.25, 0.3) is 10.8 Å². The van der Waals surface area contributed by atoms with Crippen molar-refractivity contribution in [1.29, 1.82) is 0 Å². The van der Waals surface area contributed by atoms with Gasteiger partial charge in [0.05, 0.1) is 5.39 Å². The Morgan fingerprint density at radius 3 is 2.31 bits per heavy atom. The second-order valence-electron chi connectivity index (χ2n) is 9.15. The van der Waals surface area contributed by atoms with Gasteiger partial charge in [-0.1, -0.05) is 18.2 Å². The zero-order valence-electron chi connectivity index (χ0n) is 16.5. The van der Waals surface area contributed by atoms with Gasteiger partial charge in [0.15, 0.2) is 12.3 Å². The molecular formula is C22H25N3O4. The van der Waals surface area contributed by atoms with Gasteiger partial charge in [0.25, 0.3) is 11.5 Å². The van der Waals surface area contributed by atoms with Crippen molar-refractivity contribution in [3.05, 3.63) is 40.3 Å². The van der Waals surface area contributed by atoms with Gasteiger partial charge in [-0.05, 0) is 62.3 Å². The first-order valence-electron chi connectivity index (χ1n) is 10.4. The number of aryl methyl sites for hydroxylation is 1. The number of aromatic nitrogens is 2. The van der Waals surface area contributed by atoms with Gasteiger partial charge in [-0.2, -0.15) is 5.10 Å². The number of carbonyl (C=O) groups excluding carboxylic acids is 2. The van der Waals surface area contributed by atoms with Gasteiger partial charge in [0, 0.05) is 18.0 Å². The zero-order valence-corrected chi connectivity index (χ0v) is 16.5. The predicted molar refractivity (Wildman–Crippen MR) is 106 cm³/mol. The van der Waals surface area contributed by atoms with Crippen LogP contribution in [0.15, 0.2) is 29.1 Å². The first kappa shape index (κ1) is 18.3. The average Bonchev–Trinajstić information content (AvgIpc) is 2.67. The maximum atomic E-state index is 12.6. The second-order valence-corrected chi connectivity index (χ2v) is 9.15. The van der Waals surface area contributed by atoms with Crippen molar-refractivity contribution in [2.24, 2.45) is 24.8 Å². The van der Waals surface area contributed by atoms with Crippen LogP contribution in [0.4, 0.5) is 0 Å². The number of amides is 1. The smallest absolute Gasteiger partial charge is 0.359 e. The molecule has 0 saturated heterocycles. The van der Waals surface area contributed by atoms with Crippen molar-refractivity contribution >= 4 is 22.6 Å². The van der Waals surface area contributed by atoms with Crippen molar-refractivity contribution in [1.82, 2.24) is 15.1 Å². The highest BCUT2D eigenvalue weighted by molar-refractivity contribution is 6.02. The molecule has 4 aliphatic carbocycles. The molecule has 4 bridgehead atoms. The standard InChI is InChI=1S/C22H25N3O4/c1-25-20(27)17-5-3-2-4-16(17)19(24-25)21(28)29-12-18(26)23-22-9-13-6-14(10-22)8-15(7-13)11-22/h2-5,13-15H,6-12H2,1H3,(H,23,26). The Morgan fingerprint density at radius 1 is 1.10 bits per heavy atom. The molecule has 1 aromatic carbocycles. The fourth-order valence-corrected chi connectivity index (χ4v) is 6.25. The van der Waals surface area contributed by atoms with E-state index in [1.165, 1.54) is 26.3 Å². The largest absolute Gasteiger partial charge is 0.451 e. The number of nitrogens with one attached hydrogen (secondary N) is 1. The summed E-state index contributed by atoms with van der Waals surface area (Å²) in [4.78, 5) is 37.4. The Labute approximate surface area is 168 Å². The van der Waals surface area contributed by atoms with E-state index < -0.39 is 5.97 Å². The molecule has 7 nitrogen and oxygen atoms in total. The summed E-state index contributed by atoms with van der Waals surface area (Å²) in [6, 6.07) is 6.78. The highest BCUT2D eigenvalue weighted by Gasteiger charge is 2.51. The zero-order chi connectivity index (χ0) is 20.2. The van der Waals surface area contributed by atoms with E-state index in [1.807, 2.05) is 0 Å². The molecule has 0 radical (unpaired) electrons. The lowest BCUT2D eigenvalue weighted by molar-refractivity contribution is -0.130. The summed E-state index contributed by atoms with van der Waals surface area (Å²) in [5.41, 5.74) is -0.346. The summed E-state index contributed by atoms with van der Waals surface area (Å²) < 4.78 is 6.40. The quantitative estimate of drug-likeness (QED) is 0.802. The lowest BCUT2D eigenvalue weighted by Crippen LogP contribution is -2.60. The first-order valence-corrected chi connectivity index (χ1v) is 10.4. The minimum atomic E-state index is -0.697. The van der Waals surface area contributed by atoms with E-state index in [0.29, 0.717) is 10.8 Å². The number of ether oxygens (including phenoxy) is 1. The summed E-state index contributed by atoms with van der Waals surface area (Å²) in [6.45, 7) is -0.334. The van der Waals surface area contributed by atoms with E-state index in [9.17, 15) is 14.4 Å². The molecule has 4 fully saturated rings. The van der Waals surface area contributed by atoms with E-state index in [2.05, 4.69) is 10.4 Å². The Morgan fingerprint density at radius 2 is 1.69 bits per heavy atom. The van der Waals surface area contributed by atoms with Crippen LogP contribution in [-0.4, -0.2) is 33.8 Å². The Bertz CT molecular complexity index is 1020. The number of fused-ring (bicyclic) bond motifs is 1. The van der Waals surface area contributed by atoms with Crippen molar-refractivity contribution < 1.29 is 14.3 Å². The van der Waals surface area contributed by atoms with Gasteiger partial charge in [0.1, 0.15) is 0 Å². The lowest BCUT2D eigenvalue weighted by Gasteiger charge is -2.56. The molecule has 4 saturated carbocycles. The van der Waals surface area contributed by atoms with E-state index in [-0.39, 0.29) is 29.3 Å². The van der Waals surface area contributed by atoms with E-state index in [1.54, 1.807) is 24.3 Å². The Hall–Kier alpha value is -2.70. The molecule has 7 heteroatoms. The molecule has 1 heterocycles. The van der Waals surface area contributed by atoms with Crippen LogP contribution in [0.2, 0.25) is 0 Å². The SMILES string of the molecule is Cn1nc(C(=O)OCC(=O)NC23CC4CC(CC(C4)C2)C3)c2ccccc2c1=O. The maximum Gasteiger partial charge on any atom is 0.359 e. The summed E-state index contributed by atoms with van der Waals surface area (Å²) in [7, 11) is 1.49. The molecule has 6 rings (SSSR count). The summed E-state index contributed by atoms with van der Waals surface area (Å²) in [6.07, 6.45) is 7.05.